The minimum atomic E-state index is -0.562. The monoisotopic (exact) mass is 518 g/mol. The molecule has 38 heavy (non-hydrogen) atoms. The van der Waals surface area contributed by atoms with E-state index >= 15 is 0 Å². The summed E-state index contributed by atoms with van der Waals surface area (Å²) in [5, 5.41) is 11.0. The standard InChI is InChI=1S/C27H31FN8O2/c1-17-20(33-26(37)38-27(2,3)4)8-6-14-35(17)23-11-13-29-16-22(23)32-25-31-15-18-9-10-21(34-36(18)25)24-19(28)7-5-12-30-24/h5,7,9-13,15-17,20H,6,8,14H2,1-4H3,(H,31,32)(H,33,37)/t17?,20-/m0/s1. The first kappa shape index (κ1) is 25.4. The number of nitrogens with one attached hydrogen (secondary N) is 2. The van der Waals surface area contributed by atoms with Gasteiger partial charge in [0.05, 0.1) is 35.3 Å². The fraction of sp³-hybridized carbons (Fsp3) is 0.370. The molecule has 4 aromatic heterocycles. The summed E-state index contributed by atoms with van der Waals surface area (Å²) < 4.78 is 21.4. The second-order valence-electron chi connectivity index (χ2n) is 10.3. The predicted molar refractivity (Wildman–Crippen MR) is 143 cm³/mol. The Morgan fingerprint density at radius 1 is 1.13 bits per heavy atom. The molecule has 1 saturated heterocycles. The van der Waals surface area contributed by atoms with Crippen molar-refractivity contribution in [1.29, 1.82) is 0 Å². The third-order valence-electron chi connectivity index (χ3n) is 6.43. The van der Waals surface area contributed by atoms with Crippen LogP contribution in [0.3, 0.4) is 0 Å². The molecule has 1 aliphatic rings. The largest absolute Gasteiger partial charge is 0.444 e. The van der Waals surface area contributed by atoms with Crippen molar-refractivity contribution in [2.24, 2.45) is 0 Å². The average molecular weight is 519 g/mol. The summed E-state index contributed by atoms with van der Waals surface area (Å²) >= 11 is 0. The number of piperidine rings is 1. The maximum atomic E-state index is 14.3. The van der Waals surface area contributed by atoms with Gasteiger partial charge in [0.25, 0.3) is 0 Å². The van der Waals surface area contributed by atoms with E-state index < -0.39 is 17.5 Å². The SMILES string of the molecule is CC1[C@@H](NC(=O)OC(C)(C)C)CCCN1c1ccncc1Nc1ncc2ccc(-c3ncccc3F)nn12. The Morgan fingerprint density at radius 2 is 1.97 bits per heavy atom. The van der Waals surface area contributed by atoms with Gasteiger partial charge < -0.3 is 20.3 Å². The molecule has 4 aromatic rings. The first-order valence-electron chi connectivity index (χ1n) is 12.6. The van der Waals surface area contributed by atoms with E-state index in [4.69, 9.17) is 4.74 Å². The lowest BCUT2D eigenvalue weighted by atomic mass is 9.96. The van der Waals surface area contributed by atoms with Gasteiger partial charge in [-0.15, -0.1) is 0 Å². The maximum absolute atomic E-state index is 14.3. The van der Waals surface area contributed by atoms with Crippen LogP contribution in [0, 0.1) is 5.82 Å². The summed E-state index contributed by atoms with van der Waals surface area (Å²) in [6.07, 6.45) is 8.03. The van der Waals surface area contributed by atoms with Crippen LogP contribution in [0.15, 0.2) is 55.1 Å². The highest BCUT2D eigenvalue weighted by Crippen LogP contribution is 2.33. The van der Waals surface area contributed by atoms with Crippen LogP contribution in [-0.4, -0.2) is 54.9 Å². The first-order chi connectivity index (χ1) is 18.2. The van der Waals surface area contributed by atoms with Crippen molar-refractivity contribution in [3.63, 3.8) is 0 Å². The number of ether oxygens (including phenoxy) is 1. The third kappa shape index (κ3) is 5.36. The van der Waals surface area contributed by atoms with Crippen LogP contribution in [-0.2, 0) is 4.74 Å². The number of anilines is 3. The summed E-state index contributed by atoms with van der Waals surface area (Å²) in [6.45, 7) is 8.45. The number of nitrogens with zero attached hydrogens (tertiary/aromatic N) is 6. The fourth-order valence-electron chi connectivity index (χ4n) is 4.66. The molecule has 198 valence electrons. The quantitative estimate of drug-likeness (QED) is 0.382. The molecular weight excluding hydrogens is 487 g/mol. The zero-order valence-electron chi connectivity index (χ0n) is 21.8. The van der Waals surface area contributed by atoms with Crippen molar-refractivity contribution < 1.29 is 13.9 Å². The number of hydrogen-bond acceptors (Lipinski definition) is 8. The van der Waals surface area contributed by atoms with E-state index in [0.717, 1.165) is 36.3 Å². The van der Waals surface area contributed by atoms with E-state index in [9.17, 15) is 9.18 Å². The number of imidazole rings is 1. The van der Waals surface area contributed by atoms with Crippen molar-refractivity contribution >= 4 is 28.9 Å². The number of carbonyl (C=O) groups excluding carboxylic acids is 1. The van der Waals surface area contributed by atoms with Gasteiger partial charge in [-0.05, 0) is 70.9 Å². The highest BCUT2D eigenvalue weighted by atomic mass is 19.1. The highest BCUT2D eigenvalue weighted by molar-refractivity contribution is 5.74. The molecule has 0 radical (unpaired) electrons. The molecule has 0 aliphatic carbocycles. The zero-order valence-corrected chi connectivity index (χ0v) is 21.8. The molecule has 1 amide bonds. The number of carbonyl (C=O) groups is 1. The zero-order chi connectivity index (χ0) is 26.9. The van der Waals surface area contributed by atoms with E-state index in [1.54, 1.807) is 35.2 Å². The number of halogens is 1. The molecule has 11 heteroatoms. The van der Waals surface area contributed by atoms with Crippen LogP contribution in [0.2, 0.25) is 0 Å². The van der Waals surface area contributed by atoms with Crippen molar-refractivity contribution in [3.8, 4) is 11.4 Å². The van der Waals surface area contributed by atoms with Gasteiger partial charge in [0.1, 0.15) is 17.0 Å². The summed E-state index contributed by atoms with van der Waals surface area (Å²) in [6, 6.07) is 8.30. The highest BCUT2D eigenvalue weighted by Gasteiger charge is 2.32. The van der Waals surface area contributed by atoms with E-state index in [-0.39, 0.29) is 17.8 Å². The molecule has 2 N–H and O–H groups in total. The normalized spacial score (nSPS) is 17.9. The Hall–Kier alpha value is -4.28. The molecule has 2 atom stereocenters. The summed E-state index contributed by atoms with van der Waals surface area (Å²) in [5.74, 6) is 0.0117. The van der Waals surface area contributed by atoms with Crippen LogP contribution in [0.5, 0.6) is 0 Å². The molecule has 10 nitrogen and oxygen atoms in total. The van der Waals surface area contributed by atoms with Gasteiger partial charge in [0.15, 0.2) is 5.82 Å². The van der Waals surface area contributed by atoms with Crippen LogP contribution >= 0.6 is 0 Å². The van der Waals surface area contributed by atoms with Gasteiger partial charge >= 0.3 is 6.09 Å². The Labute approximate surface area is 220 Å². The molecule has 1 aliphatic heterocycles. The number of aromatic nitrogens is 5. The lowest BCUT2D eigenvalue weighted by Crippen LogP contribution is -2.55. The van der Waals surface area contributed by atoms with E-state index in [1.807, 2.05) is 32.9 Å². The number of pyridine rings is 2. The smallest absolute Gasteiger partial charge is 0.407 e. The molecular formula is C27H31FN8O2. The fourth-order valence-corrected chi connectivity index (χ4v) is 4.66. The second-order valence-corrected chi connectivity index (χ2v) is 10.3. The minimum absolute atomic E-state index is 0.00750. The maximum Gasteiger partial charge on any atom is 0.407 e. The van der Waals surface area contributed by atoms with Crippen molar-refractivity contribution in [1.82, 2.24) is 29.9 Å². The lowest BCUT2D eigenvalue weighted by molar-refractivity contribution is 0.0489. The molecule has 0 aromatic carbocycles. The van der Waals surface area contributed by atoms with Gasteiger partial charge in [0, 0.05) is 25.0 Å². The summed E-state index contributed by atoms with van der Waals surface area (Å²) in [7, 11) is 0. The first-order valence-corrected chi connectivity index (χ1v) is 12.6. The van der Waals surface area contributed by atoms with E-state index in [1.165, 1.54) is 12.3 Å². The van der Waals surface area contributed by atoms with Crippen LogP contribution in [0.1, 0.15) is 40.5 Å². The predicted octanol–water partition coefficient (Wildman–Crippen LogP) is 4.95. The molecule has 0 saturated carbocycles. The minimum Gasteiger partial charge on any atom is -0.444 e. The Bertz CT molecular complexity index is 1450. The molecule has 1 unspecified atom stereocenters. The molecule has 0 bridgehead atoms. The van der Waals surface area contributed by atoms with Gasteiger partial charge in [-0.2, -0.15) is 9.61 Å². The number of rotatable bonds is 5. The summed E-state index contributed by atoms with van der Waals surface area (Å²) in [5.41, 5.74) is 2.40. The van der Waals surface area contributed by atoms with Crippen LogP contribution in [0.25, 0.3) is 16.9 Å². The Morgan fingerprint density at radius 3 is 2.76 bits per heavy atom. The van der Waals surface area contributed by atoms with E-state index in [2.05, 4.69) is 42.5 Å². The molecule has 0 spiro atoms. The Balaban J connectivity index is 1.41. The second kappa shape index (κ2) is 10.2. The molecule has 1 fully saturated rings. The molecule has 5 heterocycles. The average Bonchev–Trinajstić information content (AvgIpc) is 3.27. The molecule has 5 rings (SSSR count). The number of alkyl carbamates (subject to hydrolysis) is 1. The van der Waals surface area contributed by atoms with Crippen molar-refractivity contribution in [2.45, 2.75) is 58.2 Å². The third-order valence-corrected chi connectivity index (χ3v) is 6.43. The number of amides is 1. The van der Waals surface area contributed by atoms with Gasteiger partial charge in [-0.3, -0.25) is 9.97 Å². The number of fused-ring (bicyclic) bond motifs is 1. The summed E-state index contributed by atoms with van der Waals surface area (Å²) in [4.78, 5) is 27.6. The van der Waals surface area contributed by atoms with Gasteiger partial charge in [-0.1, -0.05) is 0 Å². The van der Waals surface area contributed by atoms with E-state index in [0.29, 0.717) is 11.6 Å². The van der Waals surface area contributed by atoms with Crippen molar-refractivity contribution in [3.05, 3.63) is 60.9 Å². The van der Waals surface area contributed by atoms with Gasteiger partial charge in [-0.25, -0.2) is 14.2 Å². The Kier molecular flexibility index (Phi) is 6.83. The van der Waals surface area contributed by atoms with Crippen LogP contribution < -0.4 is 15.5 Å². The van der Waals surface area contributed by atoms with Gasteiger partial charge in [0.2, 0.25) is 5.95 Å². The number of hydrogen-bond donors (Lipinski definition) is 2. The van der Waals surface area contributed by atoms with Crippen LogP contribution in [0.4, 0.5) is 26.5 Å². The topological polar surface area (TPSA) is 110 Å². The van der Waals surface area contributed by atoms with Crippen molar-refractivity contribution in [2.75, 3.05) is 16.8 Å². The lowest BCUT2D eigenvalue weighted by Gasteiger charge is -2.41.